The van der Waals surface area contributed by atoms with Crippen molar-refractivity contribution in [1.82, 2.24) is 0 Å². The zero-order valence-corrected chi connectivity index (χ0v) is 9.77. The van der Waals surface area contributed by atoms with Crippen LogP contribution in [0.1, 0.15) is 18.4 Å². The van der Waals surface area contributed by atoms with E-state index in [-0.39, 0.29) is 11.7 Å². The largest absolute Gasteiger partial charge is 0.508 e. The summed E-state index contributed by atoms with van der Waals surface area (Å²) in [4.78, 5) is 0. The molecule has 0 radical (unpaired) electrons. The molecule has 0 aromatic heterocycles. The quantitative estimate of drug-likeness (QED) is 0.752. The first-order valence-corrected chi connectivity index (χ1v) is 5.30. The van der Waals surface area contributed by atoms with Gasteiger partial charge < -0.3 is 14.6 Å². The summed E-state index contributed by atoms with van der Waals surface area (Å²) < 4.78 is 10.5. The van der Waals surface area contributed by atoms with Gasteiger partial charge >= 0.3 is 0 Å². The molecule has 0 heterocycles. The first kappa shape index (κ1) is 12.6. The normalized spacial score (nSPS) is 12.1. The molecule has 0 aliphatic carbocycles. The van der Waals surface area contributed by atoms with Crippen molar-refractivity contribution in [1.29, 1.82) is 0 Å². The van der Waals surface area contributed by atoms with Crippen LogP contribution in [-0.2, 0) is 4.74 Å². The molecule has 1 aromatic carbocycles. The van der Waals surface area contributed by atoms with Gasteiger partial charge in [-0.1, -0.05) is 6.08 Å². The number of rotatable bonds is 6. The van der Waals surface area contributed by atoms with Crippen LogP contribution in [0, 0.1) is 0 Å². The van der Waals surface area contributed by atoms with Gasteiger partial charge in [0.15, 0.2) is 0 Å². The monoisotopic (exact) mass is 222 g/mol. The highest BCUT2D eigenvalue weighted by Gasteiger charge is 2.13. The van der Waals surface area contributed by atoms with E-state index in [9.17, 15) is 5.11 Å². The minimum absolute atomic E-state index is 0.0228. The topological polar surface area (TPSA) is 38.7 Å². The summed E-state index contributed by atoms with van der Waals surface area (Å²) in [6.07, 6.45) is 1.76. The van der Waals surface area contributed by atoms with E-state index >= 15 is 0 Å². The molecule has 16 heavy (non-hydrogen) atoms. The van der Waals surface area contributed by atoms with Gasteiger partial charge in [-0.25, -0.2) is 0 Å². The SMILES string of the molecule is C=CC(COC)c1cc(OCC)ccc1O. The van der Waals surface area contributed by atoms with E-state index in [1.807, 2.05) is 13.0 Å². The summed E-state index contributed by atoms with van der Waals surface area (Å²) in [5.41, 5.74) is 0.780. The van der Waals surface area contributed by atoms with Crippen LogP contribution in [0.5, 0.6) is 11.5 Å². The Kier molecular flexibility index (Phi) is 4.86. The fourth-order valence-corrected chi connectivity index (χ4v) is 1.55. The Bertz CT molecular complexity index is 347. The fraction of sp³-hybridized carbons (Fsp3) is 0.385. The molecule has 1 aromatic rings. The number of hydrogen-bond donors (Lipinski definition) is 1. The van der Waals surface area contributed by atoms with Crippen molar-refractivity contribution in [2.75, 3.05) is 20.3 Å². The molecule has 1 rings (SSSR count). The van der Waals surface area contributed by atoms with Crippen molar-refractivity contribution < 1.29 is 14.6 Å². The number of ether oxygens (including phenoxy) is 2. The minimum Gasteiger partial charge on any atom is -0.508 e. The van der Waals surface area contributed by atoms with E-state index in [1.54, 1.807) is 25.3 Å². The first-order chi connectivity index (χ1) is 7.72. The van der Waals surface area contributed by atoms with Crippen LogP contribution in [0.15, 0.2) is 30.9 Å². The van der Waals surface area contributed by atoms with Crippen LogP contribution >= 0.6 is 0 Å². The van der Waals surface area contributed by atoms with E-state index in [4.69, 9.17) is 9.47 Å². The second-order valence-corrected chi connectivity index (χ2v) is 3.45. The molecule has 3 heteroatoms. The smallest absolute Gasteiger partial charge is 0.119 e. The Morgan fingerprint density at radius 2 is 2.25 bits per heavy atom. The number of phenolic OH excluding ortho intramolecular Hbond substituents is 1. The third kappa shape index (κ3) is 3.00. The Morgan fingerprint density at radius 3 is 2.81 bits per heavy atom. The molecular weight excluding hydrogens is 204 g/mol. The lowest BCUT2D eigenvalue weighted by atomic mass is 9.99. The Morgan fingerprint density at radius 1 is 1.50 bits per heavy atom. The lowest BCUT2D eigenvalue weighted by molar-refractivity contribution is 0.190. The van der Waals surface area contributed by atoms with Gasteiger partial charge in [-0.15, -0.1) is 6.58 Å². The Hall–Kier alpha value is -1.48. The molecule has 1 unspecified atom stereocenters. The molecule has 0 amide bonds. The first-order valence-electron chi connectivity index (χ1n) is 5.30. The molecule has 0 aliphatic heterocycles. The zero-order chi connectivity index (χ0) is 12.0. The second-order valence-electron chi connectivity index (χ2n) is 3.45. The van der Waals surface area contributed by atoms with Crippen LogP contribution in [0.25, 0.3) is 0 Å². The Balaban J connectivity index is 2.99. The Labute approximate surface area is 96.3 Å². The number of aromatic hydroxyl groups is 1. The molecule has 0 aliphatic rings. The molecule has 88 valence electrons. The fourth-order valence-electron chi connectivity index (χ4n) is 1.55. The molecular formula is C13H18O3. The van der Waals surface area contributed by atoms with Gasteiger partial charge in [0.1, 0.15) is 11.5 Å². The predicted molar refractivity (Wildman–Crippen MR) is 64.1 cm³/mol. The van der Waals surface area contributed by atoms with Crippen LogP contribution in [-0.4, -0.2) is 25.4 Å². The van der Waals surface area contributed by atoms with Crippen molar-refractivity contribution in [2.24, 2.45) is 0 Å². The van der Waals surface area contributed by atoms with E-state index in [0.29, 0.717) is 13.2 Å². The average molecular weight is 222 g/mol. The zero-order valence-electron chi connectivity index (χ0n) is 9.77. The highest BCUT2D eigenvalue weighted by atomic mass is 16.5. The van der Waals surface area contributed by atoms with Crippen molar-refractivity contribution in [3.8, 4) is 11.5 Å². The maximum Gasteiger partial charge on any atom is 0.119 e. The van der Waals surface area contributed by atoms with Gasteiger partial charge in [0.05, 0.1) is 13.2 Å². The summed E-state index contributed by atoms with van der Waals surface area (Å²) >= 11 is 0. The highest BCUT2D eigenvalue weighted by molar-refractivity contribution is 5.43. The van der Waals surface area contributed by atoms with Crippen molar-refractivity contribution in [3.63, 3.8) is 0 Å². The highest BCUT2D eigenvalue weighted by Crippen LogP contribution is 2.30. The van der Waals surface area contributed by atoms with Crippen molar-refractivity contribution in [2.45, 2.75) is 12.8 Å². The molecule has 0 fully saturated rings. The predicted octanol–water partition coefficient (Wildman–Crippen LogP) is 2.71. The van der Waals surface area contributed by atoms with Gasteiger partial charge in [0.2, 0.25) is 0 Å². The molecule has 3 nitrogen and oxygen atoms in total. The summed E-state index contributed by atoms with van der Waals surface area (Å²) in [5.74, 6) is 0.967. The van der Waals surface area contributed by atoms with Crippen LogP contribution in [0.2, 0.25) is 0 Å². The number of methoxy groups -OCH3 is 1. The molecule has 0 spiro atoms. The lowest BCUT2D eigenvalue weighted by Gasteiger charge is -2.15. The molecule has 1 atom stereocenters. The molecule has 0 bridgehead atoms. The van der Waals surface area contributed by atoms with Crippen LogP contribution < -0.4 is 4.74 Å². The maximum atomic E-state index is 9.77. The van der Waals surface area contributed by atoms with E-state index in [2.05, 4.69) is 6.58 Å². The third-order valence-electron chi connectivity index (χ3n) is 2.34. The number of benzene rings is 1. The third-order valence-corrected chi connectivity index (χ3v) is 2.34. The number of hydrogen-bond acceptors (Lipinski definition) is 3. The van der Waals surface area contributed by atoms with E-state index in [0.717, 1.165) is 11.3 Å². The number of phenols is 1. The second kappa shape index (κ2) is 6.18. The van der Waals surface area contributed by atoms with E-state index in [1.165, 1.54) is 0 Å². The van der Waals surface area contributed by atoms with Gasteiger partial charge in [-0.2, -0.15) is 0 Å². The van der Waals surface area contributed by atoms with Crippen LogP contribution in [0.4, 0.5) is 0 Å². The molecule has 0 saturated heterocycles. The summed E-state index contributed by atoms with van der Waals surface area (Å²) in [6.45, 7) is 6.76. The van der Waals surface area contributed by atoms with Gasteiger partial charge in [-0.3, -0.25) is 0 Å². The summed E-state index contributed by atoms with van der Waals surface area (Å²) in [6, 6.07) is 5.20. The molecule has 1 N–H and O–H groups in total. The van der Waals surface area contributed by atoms with Crippen molar-refractivity contribution in [3.05, 3.63) is 36.4 Å². The average Bonchev–Trinajstić information content (AvgIpc) is 2.29. The lowest BCUT2D eigenvalue weighted by Crippen LogP contribution is -2.04. The molecule has 0 saturated carbocycles. The summed E-state index contributed by atoms with van der Waals surface area (Å²) in [7, 11) is 1.62. The van der Waals surface area contributed by atoms with Gasteiger partial charge in [0.25, 0.3) is 0 Å². The van der Waals surface area contributed by atoms with Crippen molar-refractivity contribution >= 4 is 0 Å². The maximum absolute atomic E-state index is 9.77. The van der Waals surface area contributed by atoms with Gasteiger partial charge in [-0.05, 0) is 25.1 Å². The standard InChI is InChI=1S/C13H18O3/c1-4-10(9-15-3)12-8-11(16-5-2)6-7-13(12)14/h4,6-8,10,14H,1,5,9H2,2-3H3. The van der Waals surface area contributed by atoms with Gasteiger partial charge in [0, 0.05) is 18.6 Å². The minimum atomic E-state index is -0.0228. The summed E-state index contributed by atoms with van der Waals surface area (Å²) in [5, 5.41) is 9.77. The van der Waals surface area contributed by atoms with E-state index < -0.39 is 0 Å². The van der Waals surface area contributed by atoms with Crippen LogP contribution in [0.3, 0.4) is 0 Å².